The lowest BCUT2D eigenvalue weighted by Crippen LogP contribution is -2.10. The molecule has 0 spiro atoms. The molecule has 147 valence electrons. The van der Waals surface area contributed by atoms with E-state index in [1.54, 1.807) is 12.1 Å². The Hall–Kier alpha value is -3.20. The normalized spacial score (nSPS) is 10.9. The van der Waals surface area contributed by atoms with Gasteiger partial charge in [0.15, 0.2) is 5.78 Å². The third-order valence-electron chi connectivity index (χ3n) is 5.11. The summed E-state index contributed by atoms with van der Waals surface area (Å²) in [5, 5.41) is 0.536. The zero-order valence-corrected chi connectivity index (χ0v) is 17.1. The van der Waals surface area contributed by atoms with Crippen molar-refractivity contribution in [3.63, 3.8) is 0 Å². The maximum atomic E-state index is 13.1. The molecule has 4 aromatic carbocycles. The molecule has 30 heavy (non-hydrogen) atoms. The first-order chi connectivity index (χ1) is 14.7. The van der Waals surface area contributed by atoms with Gasteiger partial charge in [-0.25, -0.2) is 0 Å². The molecule has 4 aromatic rings. The van der Waals surface area contributed by atoms with Crippen molar-refractivity contribution in [1.29, 1.82) is 0 Å². The van der Waals surface area contributed by atoms with Gasteiger partial charge in [0.25, 0.3) is 0 Å². The number of hydrogen-bond acceptors (Lipinski definition) is 2. The van der Waals surface area contributed by atoms with Gasteiger partial charge < -0.3 is 5.73 Å². The quantitative estimate of drug-likeness (QED) is 0.310. The van der Waals surface area contributed by atoms with Gasteiger partial charge in [-0.2, -0.15) is 0 Å². The molecule has 0 aliphatic heterocycles. The molecule has 0 fully saturated rings. The zero-order valence-electron chi connectivity index (χ0n) is 16.4. The highest BCUT2D eigenvalue weighted by atomic mass is 35.5. The minimum atomic E-state index is -0.0783. The van der Waals surface area contributed by atoms with E-state index in [0.29, 0.717) is 22.7 Å². The predicted octanol–water partition coefficient (Wildman–Crippen LogP) is 6.05. The summed E-state index contributed by atoms with van der Waals surface area (Å²) in [6, 6.07) is 33.2. The largest absolute Gasteiger partial charge is 0.326 e. The fourth-order valence-corrected chi connectivity index (χ4v) is 3.90. The Labute approximate surface area is 182 Å². The van der Waals surface area contributed by atoms with Crippen LogP contribution in [0.2, 0.25) is 5.02 Å². The molecule has 0 atom stereocenters. The van der Waals surface area contributed by atoms with Gasteiger partial charge in [0.2, 0.25) is 0 Å². The first-order valence-corrected chi connectivity index (χ1v) is 10.2. The second kappa shape index (κ2) is 9.08. The minimum absolute atomic E-state index is 0.0783. The van der Waals surface area contributed by atoms with Crippen LogP contribution >= 0.6 is 11.6 Å². The van der Waals surface area contributed by atoms with Gasteiger partial charge in [-0.05, 0) is 28.3 Å². The minimum Gasteiger partial charge on any atom is -0.326 e. The molecule has 3 heteroatoms. The van der Waals surface area contributed by atoms with Gasteiger partial charge in [-0.3, -0.25) is 4.79 Å². The van der Waals surface area contributed by atoms with Crippen LogP contribution in [0.25, 0.3) is 0 Å². The number of rotatable bonds is 6. The highest BCUT2D eigenvalue weighted by Gasteiger charge is 2.22. The van der Waals surface area contributed by atoms with E-state index in [0.717, 1.165) is 28.2 Å². The number of halogens is 1. The van der Waals surface area contributed by atoms with Crippen molar-refractivity contribution in [1.82, 2.24) is 0 Å². The van der Waals surface area contributed by atoms with Crippen molar-refractivity contribution in [2.45, 2.75) is 6.54 Å². The molecule has 0 unspecified atom stereocenters. The van der Waals surface area contributed by atoms with E-state index in [-0.39, 0.29) is 5.78 Å². The number of benzene rings is 4. The lowest BCUT2D eigenvalue weighted by atomic mass is 9.84. The van der Waals surface area contributed by atoms with Crippen molar-refractivity contribution < 1.29 is 4.79 Å². The lowest BCUT2D eigenvalue weighted by Gasteiger charge is -2.20. The van der Waals surface area contributed by atoms with Crippen molar-refractivity contribution in [2.75, 3.05) is 0 Å². The third-order valence-corrected chi connectivity index (χ3v) is 5.42. The molecule has 0 saturated carbocycles. The number of carbonyl (C=O) groups is 1. The summed E-state index contributed by atoms with van der Waals surface area (Å²) in [4.78, 5) is 13.1. The van der Waals surface area contributed by atoms with Crippen LogP contribution in [0, 0.1) is 5.92 Å². The van der Waals surface area contributed by atoms with Crippen LogP contribution in [-0.2, 0) is 6.54 Å². The highest BCUT2D eigenvalue weighted by molar-refractivity contribution is 6.32. The fourth-order valence-electron chi connectivity index (χ4n) is 3.62. The molecular weight excluding hydrogens is 390 g/mol. The predicted molar refractivity (Wildman–Crippen MR) is 123 cm³/mol. The second-order valence-electron chi connectivity index (χ2n) is 6.99. The summed E-state index contributed by atoms with van der Waals surface area (Å²) in [6.45, 7) is 0.313. The maximum Gasteiger partial charge on any atom is 0.193 e. The standard InChI is InChI=1S/C27H21ClNO/c28-25-17-21(27(30)23-14-8-7-13-22(23)18-29)15-16-24(25)26(19-9-3-1-4-10-19)20-11-5-2-6-12-20/h1-17H,18,29H2. The van der Waals surface area contributed by atoms with Crippen molar-refractivity contribution in [2.24, 2.45) is 5.73 Å². The molecule has 2 nitrogen and oxygen atoms in total. The van der Waals surface area contributed by atoms with Gasteiger partial charge in [0.05, 0.1) is 5.92 Å². The van der Waals surface area contributed by atoms with Crippen molar-refractivity contribution in [3.8, 4) is 0 Å². The monoisotopic (exact) mass is 410 g/mol. The van der Waals surface area contributed by atoms with Gasteiger partial charge in [-0.1, -0.05) is 109 Å². The average molecular weight is 411 g/mol. The Kier molecular flexibility index (Phi) is 6.08. The SMILES string of the molecule is NCc1ccccc1C(=O)c1ccc([C](c2ccccc2)c2ccccc2)c(Cl)c1. The topological polar surface area (TPSA) is 43.1 Å². The Morgan fingerprint density at radius 1 is 0.667 bits per heavy atom. The molecular formula is C27H21ClNO. The number of ketones is 1. The first-order valence-electron chi connectivity index (χ1n) is 9.79. The fraction of sp³-hybridized carbons (Fsp3) is 0.0370. The molecule has 0 amide bonds. The van der Waals surface area contributed by atoms with E-state index < -0.39 is 0 Å². The summed E-state index contributed by atoms with van der Waals surface area (Å²) in [7, 11) is 0. The summed E-state index contributed by atoms with van der Waals surface area (Å²) in [5.74, 6) is 0.952. The highest BCUT2D eigenvalue weighted by Crippen LogP contribution is 2.35. The molecule has 0 bridgehead atoms. The summed E-state index contributed by atoms with van der Waals surface area (Å²) in [6.07, 6.45) is 0. The van der Waals surface area contributed by atoms with E-state index >= 15 is 0 Å². The molecule has 0 saturated heterocycles. The molecule has 0 aromatic heterocycles. The van der Waals surface area contributed by atoms with Gasteiger partial charge in [0, 0.05) is 22.7 Å². The molecule has 0 aliphatic rings. The number of nitrogens with two attached hydrogens (primary N) is 1. The summed E-state index contributed by atoms with van der Waals surface area (Å²) in [5.41, 5.74) is 10.8. The number of carbonyl (C=O) groups excluding carboxylic acids is 1. The summed E-state index contributed by atoms with van der Waals surface area (Å²) >= 11 is 6.73. The maximum absolute atomic E-state index is 13.1. The van der Waals surface area contributed by atoms with Gasteiger partial charge in [-0.15, -0.1) is 0 Å². The smallest absolute Gasteiger partial charge is 0.193 e. The van der Waals surface area contributed by atoms with Crippen molar-refractivity contribution >= 4 is 17.4 Å². The third kappa shape index (κ3) is 4.06. The van der Waals surface area contributed by atoms with Crippen LogP contribution in [0.1, 0.15) is 38.2 Å². The second-order valence-corrected chi connectivity index (χ2v) is 7.40. The van der Waals surface area contributed by atoms with Gasteiger partial charge >= 0.3 is 0 Å². The van der Waals surface area contributed by atoms with E-state index in [2.05, 4.69) is 24.3 Å². The molecule has 0 aliphatic carbocycles. The average Bonchev–Trinajstić information content (AvgIpc) is 2.81. The van der Waals surface area contributed by atoms with Crippen LogP contribution in [0.5, 0.6) is 0 Å². The Morgan fingerprint density at radius 3 is 1.80 bits per heavy atom. The molecule has 4 rings (SSSR count). The van der Waals surface area contributed by atoms with Crippen LogP contribution in [-0.4, -0.2) is 5.78 Å². The first kappa shape index (κ1) is 20.1. The Bertz CT molecular complexity index is 1120. The van der Waals surface area contributed by atoms with Crippen molar-refractivity contribution in [3.05, 3.63) is 147 Å². The molecule has 1 radical (unpaired) electrons. The van der Waals surface area contributed by atoms with Gasteiger partial charge in [0.1, 0.15) is 0 Å². The van der Waals surface area contributed by atoms with Crippen LogP contribution in [0.15, 0.2) is 103 Å². The van der Waals surface area contributed by atoms with E-state index in [9.17, 15) is 4.79 Å². The summed E-state index contributed by atoms with van der Waals surface area (Å²) < 4.78 is 0. The Balaban J connectivity index is 1.77. The molecule has 0 heterocycles. The van der Waals surface area contributed by atoms with Crippen LogP contribution in [0.4, 0.5) is 0 Å². The van der Waals surface area contributed by atoms with Crippen LogP contribution < -0.4 is 5.73 Å². The number of hydrogen-bond donors (Lipinski definition) is 1. The van der Waals surface area contributed by atoms with Crippen LogP contribution in [0.3, 0.4) is 0 Å². The lowest BCUT2D eigenvalue weighted by molar-refractivity contribution is 0.103. The Morgan fingerprint density at radius 2 is 1.23 bits per heavy atom. The zero-order chi connectivity index (χ0) is 20.9. The van der Waals surface area contributed by atoms with E-state index in [1.165, 1.54) is 0 Å². The van der Waals surface area contributed by atoms with E-state index in [1.807, 2.05) is 66.7 Å². The van der Waals surface area contributed by atoms with E-state index in [4.69, 9.17) is 17.3 Å². The molecule has 2 N–H and O–H groups in total.